The van der Waals surface area contributed by atoms with Crippen LogP contribution in [0.15, 0.2) is 29.2 Å². The van der Waals surface area contributed by atoms with E-state index in [0.717, 1.165) is 23.6 Å². The average Bonchev–Trinajstić information content (AvgIpc) is 2.65. The minimum atomic E-state index is -3.83. The number of carbonyl (C=O) groups is 2. The Morgan fingerprint density at radius 2 is 2.19 bits per heavy atom. The number of amides is 2. The smallest absolute Gasteiger partial charge is 0.251 e. The van der Waals surface area contributed by atoms with Gasteiger partial charge in [-0.2, -0.15) is 4.31 Å². The van der Waals surface area contributed by atoms with E-state index in [0.29, 0.717) is 6.54 Å². The van der Waals surface area contributed by atoms with Crippen molar-refractivity contribution in [3.05, 3.63) is 29.8 Å². The molecule has 2 rings (SSSR count). The highest BCUT2D eigenvalue weighted by Crippen LogP contribution is 2.18. The first-order chi connectivity index (χ1) is 12.4. The number of hydrogen-bond donors (Lipinski definition) is 3. The Kier molecular flexibility index (Phi) is 7.13. The Morgan fingerprint density at radius 1 is 1.42 bits per heavy atom. The molecule has 1 unspecified atom stereocenters. The van der Waals surface area contributed by atoms with Gasteiger partial charge >= 0.3 is 0 Å². The van der Waals surface area contributed by atoms with Gasteiger partial charge in [0, 0.05) is 31.2 Å². The molecule has 0 aliphatic carbocycles. The SMILES string of the molecule is CCCCC(CN)NC(=O)c1cccc(S(=O)(=O)N2CCNC(=O)C2)c1. The van der Waals surface area contributed by atoms with E-state index in [1.807, 2.05) is 0 Å². The molecule has 1 aromatic rings. The summed E-state index contributed by atoms with van der Waals surface area (Å²) >= 11 is 0. The van der Waals surface area contributed by atoms with E-state index in [1.165, 1.54) is 18.2 Å². The predicted molar refractivity (Wildman–Crippen MR) is 98.0 cm³/mol. The first kappa shape index (κ1) is 20.3. The maximum Gasteiger partial charge on any atom is 0.251 e. The lowest BCUT2D eigenvalue weighted by molar-refractivity contribution is -0.122. The average molecular weight is 382 g/mol. The molecule has 1 fully saturated rings. The van der Waals surface area contributed by atoms with Gasteiger partial charge in [-0.25, -0.2) is 8.42 Å². The van der Waals surface area contributed by atoms with Crippen molar-refractivity contribution in [3.63, 3.8) is 0 Å². The largest absolute Gasteiger partial charge is 0.354 e. The summed E-state index contributed by atoms with van der Waals surface area (Å²) in [5.41, 5.74) is 5.95. The van der Waals surface area contributed by atoms with Crippen LogP contribution in [-0.2, 0) is 14.8 Å². The second-order valence-electron chi connectivity index (χ2n) is 6.26. The molecule has 1 aliphatic heterocycles. The highest BCUT2D eigenvalue weighted by Gasteiger charge is 2.29. The van der Waals surface area contributed by atoms with Crippen molar-refractivity contribution in [1.29, 1.82) is 0 Å². The van der Waals surface area contributed by atoms with Gasteiger partial charge < -0.3 is 16.4 Å². The van der Waals surface area contributed by atoms with E-state index < -0.39 is 10.0 Å². The summed E-state index contributed by atoms with van der Waals surface area (Å²) in [6, 6.07) is 5.70. The van der Waals surface area contributed by atoms with E-state index in [4.69, 9.17) is 5.73 Å². The van der Waals surface area contributed by atoms with Gasteiger partial charge in [0.1, 0.15) is 0 Å². The summed E-state index contributed by atoms with van der Waals surface area (Å²) in [4.78, 5) is 23.9. The third kappa shape index (κ3) is 5.03. The van der Waals surface area contributed by atoms with Crippen molar-refractivity contribution >= 4 is 21.8 Å². The second-order valence-corrected chi connectivity index (χ2v) is 8.20. The van der Waals surface area contributed by atoms with Crippen LogP contribution in [0.4, 0.5) is 0 Å². The number of benzene rings is 1. The van der Waals surface area contributed by atoms with Gasteiger partial charge in [0.05, 0.1) is 11.4 Å². The van der Waals surface area contributed by atoms with E-state index >= 15 is 0 Å². The lowest BCUT2D eigenvalue weighted by Gasteiger charge is -2.26. The van der Waals surface area contributed by atoms with Crippen molar-refractivity contribution in [3.8, 4) is 0 Å². The van der Waals surface area contributed by atoms with Crippen molar-refractivity contribution in [1.82, 2.24) is 14.9 Å². The Balaban J connectivity index is 2.16. The van der Waals surface area contributed by atoms with Crippen LogP contribution in [0.5, 0.6) is 0 Å². The molecule has 0 spiro atoms. The zero-order valence-corrected chi connectivity index (χ0v) is 15.7. The van der Waals surface area contributed by atoms with Crippen molar-refractivity contribution in [2.24, 2.45) is 5.73 Å². The number of nitrogens with two attached hydrogens (primary N) is 1. The molecule has 1 heterocycles. The number of nitrogens with zero attached hydrogens (tertiary/aromatic N) is 1. The summed E-state index contributed by atoms with van der Waals surface area (Å²) < 4.78 is 26.6. The van der Waals surface area contributed by atoms with Crippen LogP contribution in [0.1, 0.15) is 36.5 Å². The van der Waals surface area contributed by atoms with Gasteiger partial charge in [-0.3, -0.25) is 9.59 Å². The highest BCUT2D eigenvalue weighted by molar-refractivity contribution is 7.89. The minimum absolute atomic E-state index is 0.00212. The number of rotatable bonds is 8. The summed E-state index contributed by atoms with van der Waals surface area (Å²) in [5, 5.41) is 5.44. The maximum absolute atomic E-state index is 12.7. The third-order valence-corrected chi connectivity index (χ3v) is 6.10. The molecule has 8 nitrogen and oxygen atoms in total. The summed E-state index contributed by atoms with van der Waals surface area (Å²) in [5.74, 6) is -0.694. The fraction of sp³-hybridized carbons (Fsp3) is 0.529. The van der Waals surface area contributed by atoms with Crippen LogP contribution in [0.25, 0.3) is 0 Å². The maximum atomic E-state index is 12.7. The second kappa shape index (κ2) is 9.11. The molecule has 26 heavy (non-hydrogen) atoms. The quantitative estimate of drug-likeness (QED) is 0.587. The van der Waals surface area contributed by atoms with Crippen molar-refractivity contribution < 1.29 is 18.0 Å². The molecule has 1 saturated heterocycles. The molecule has 1 aromatic carbocycles. The molecule has 1 atom stereocenters. The molecule has 1 aliphatic rings. The molecular weight excluding hydrogens is 356 g/mol. The highest BCUT2D eigenvalue weighted by atomic mass is 32.2. The monoisotopic (exact) mass is 382 g/mol. The molecule has 0 aromatic heterocycles. The van der Waals surface area contributed by atoms with Crippen LogP contribution in [0.3, 0.4) is 0 Å². The summed E-state index contributed by atoms with van der Waals surface area (Å²) in [6.45, 7) is 2.65. The number of carbonyl (C=O) groups excluding carboxylic acids is 2. The van der Waals surface area contributed by atoms with Crippen LogP contribution < -0.4 is 16.4 Å². The van der Waals surface area contributed by atoms with Gasteiger partial charge in [0.15, 0.2) is 0 Å². The number of piperazine rings is 1. The predicted octanol–water partition coefficient (Wildman–Crippen LogP) is 0.0544. The van der Waals surface area contributed by atoms with E-state index in [2.05, 4.69) is 17.6 Å². The Morgan fingerprint density at radius 3 is 2.85 bits per heavy atom. The number of sulfonamides is 1. The van der Waals surface area contributed by atoms with Gasteiger partial charge in [0.2, 0.25) is 15.9 Å². The fourth-order valence-electron chi connectivity index (χ4n) is 2.74. The Bertz CT molecular complexity index is 751. The van der Waals surface area contributed by atoms with Crippen LogP contribution in [0, 0.1) is 0 Å². The van der Waals surface area contributed by atoms with E-state index in [9.17, 15) is 18.0 Å². The zero-order chi connectivity index (χ0) is 19.2. The molecule has 0 radical (unpaired) electrons. The Labute approximate surface area is 154 Å². The van der Waals surface area contributed by atoms with Gasteiger partial charge in [-0.1, -0.05) is 25.8 Å². The molecule has 0 bridgehead atoms. The van der Waals surface area contributed by atoms with Crippen molar-refractivity contribution in [2.45, 2.75) is 37.1 Å². The minimum Gasteiger partial charge on any atom is -0.354 e. The van der Waals surface area contributed by atoms with Gasteiger partial charge in [-0.05, 0) is 24.6 Å². The lowest BCUT2D eigenvalue weighted by atomic mass is 10.1. The number of hydrogen-bond acceptors (Lipinski definition) is 5. The molecule has 4 N–H and O–H groups in total. The van der Waals surface area contributed by atoms with Crippen LogP contribution in [-0.4, -0.2) is 56.8 Å². The van der Waals surface area contributed by atoms with Crippen molar-refractivity contribution in [2.75, 3.05) is 26.2 Å². The topological polar surface area (TPSA) is 122 Å². The molecule has 9 heteroatoms. The summed E-state index contributed by atoms with van der Waals surface area (Å²) in [6.07, 6.45) is 2.73. The normalized spacial score (nSPS) is 16.8. The zero-order valence-electron chi connectivity index (χ0n) is 14.9. The summed E-state index contributed by atoms with van der Waals surface area (Å²) in [7, 11) is -3.83. The standard InChI is InChI=1S/C17H26N4O4S/c1-2-3-6-14(11-18)20-17(23)13-5-4-7-15(10-13)26(24,25)21-9-8-19-16(22)12-21/h4-5,7,10,14H,2-3,6,8-9,11-12,18H2,1H3,(H,19,22)(H,20,23). The first-order valence-electron chi connectivity index (χ1n) is 8.76. The molecule has 144 valence electrons. The first-order valence-corrected chi connectivity index (χ1v) is 10.2. The van der Waals surface area contributed by atoms with Gasteiger partial charge in [-0.15, -0.1) is 0 Å². The van der Waals surface area contributed by atoms with Crippen LogP contribution in [0.2, 0.25) is 0 Å². The van der Waals surface area contributed by atoms with E-state index in [-0.39, 0.29) is 47.9 Å². The molecule has 2 amide bonds. The van der Waals surface area contributed by atoms with E-state index in [1.54, 1.807) is 6.07 Å². The lowest BCUT2D eigenvalue weighted by Crippen LogP contribution is -2.49. The molecule has 0 saturated carbocycles. The number of nitrogens with one attached hydrogen (secondary N) is 2. The van der Waals surface area contributed by atoms with Gasteiger partial charge in [0.25, 0.3) is 5.91 Å². The molecular formula is C17H26N4O4S. The fourth-order valence-corrected chi connectivity index (χ4v) is 4.18. The van der Waals surface area contributed by atoms with Crippen LogP contribution >= 0.6 is 0 Å². The number of unbranched alkanes of at least 4 members (excludes halogenated alkanes) is 1. The Hall–Kier alpha value is -1.97. The third-order valence-electron chi connectivity index (χ3n) is 4.26.